The second-order valence-electron chi connectivity index (χ2n) is 5.49. The van der Waals surface area contributed by atoms with Crippen LogP contribution in [0.15, 0.2) is 48.5 Å². The highest BCUT2D eigenvalue weighted by Gasteiger charge is 2.26. The number of rotatable bonds is 4. The first-order valence-electron chi connectivity index (χ1n) is 7.17. The first-order valence-corrected chi connectivity index (χ1v) is 7.17. The summed E-state index contributed by atoms with van der Waals surface area (Å²) in [7, 11) is 0. The monoisotopic (exact) mass is 286 g/mol. The summed E-state index contributed by atoms with van der Waals surface area (Å²) >= 11 is 0. The van der Waals surface area contributed by atoms with E-state index in [2.05, 4.69) is 11.5 Å². The van der Waals surface area contributed by atoms with Crippen LogP contribution in [0.2, 0.25) is 0 Å². The van der Waals surface area contributed by atoms with E-state index in [0.29, 0.717) is 12.5 Å². The van der Waals surface area contributed by atoms with Gasteiger partial charge < -0.3 is 4.74 Å². The van der Waals surface area contributed by atoms with Crippen LogP contribution in [0.3, 0.4) is 0 Å². The van der Waals surface area contributed by atoms with Gasteiger partial charge in [0.15, 0.2) is 0 Å². The van der Waals surface area contributed by atoms with Gasteiger partial charge >= 0.3 is 0 Å². The van der Waals surface area contributed by atoms with Crippen molar-refractivity contribution in [3.8, 4) is 5.75 Å². The molecule has 2 aromatic carbocycles. The third-order valence-corrected chi connectivity index (χ3v) is 4.06. The Morgan fingerprint density at radius 3 is 2.71 bits per heavy atom. The molecule has 3 rings (SSSR count). The highest BCUT2D eigenvalue weighted by atomic mass is 19.1. The summed E-state index contributed by atoms with van der Waals surface area (Å²) in [5.41, 5.74) is 5.18. The molecule has 1 aliphatic rings. The van der Waals surface area contributed by atoms with Crippen molar-refractivity contribution in [3.05, 3.63) is 65.5 Å². The molecule has 0 spiro atoms. The minimum atomic E-state index is -0.217. The molecule has 0 saturated carbocycles. The first-order chi connectivity index (χ1) is 10.3. The largest absolute Gasteiger partial charge is 0.493 e. The minimum Gasteiger partial charge on any atom is -0.493 e. The predicted molar refractivity (Wildman–Crippen MR) is 80.3 cm³/mol. The molecule has 21 heavy (non-hydrogen) atoms. The highest BCUT2D eigenvalue weighted by Crippen LogP contribution is 2.29. The lowest BCUT2D eigenvalue weighted by atomic mass is 9.87. The van der Waals surface area contributed by atoms with Crippen molar-refractivity contribution in [3.63, 3.8) is 0 Å². The topological polar surface area (TPSA) is 47.3 Å². The summed E-state index contributed by atoms with van der Waals surface area (Å²) in [6.07, 6.45) is 1.69. The molecular weight excluding hydrogens is 267 g/mol. The number of hydrazine groups is 1. The van der Waals surface area contributed by atoms with Crippen LogP contribution in [0.5, 0.6) is 5.75 Å². The zero-order chi connectivity index (χ0) is 14.7. The van der Waals surface area contributed by atoms with E-state index in [-0.39, 0.29) is 11.9 Å². The first kappa shape index (κ1) is 14.0. The van der Waals surface area contributed by atoms with Crippen molar-refractivity contribution >= 4 is 0 Å². The van der Waals surface area contributed by atoms with Crippen molar-refractivity contribution < 1.29 is 9.13 Å². The average Bonchev–Trinajstić information content (AvgIpc) is 2.54. The van der Waals surface area contributed by atoms with Crippen LogP contribution < -0.4 is 16.0 Å². The third kappa shape index (κ3) is 3.23. The van der Waals surface area contributed by atoms with E-state index in [1.165, 1.54) is 17.7 Å². The van der Waals surface area contributed by atoms with Gasteiger partial charge in [-0.2, -0.15) is 0 Å². The van der Waals surface area contributed by atoms with E-state index >= 15 is 0 Å². The van der Waals surface area contributed by atoms with E-state index in [9.17, 15) is 4.39 Å². The molecule has 110 valence electrons. The normalized spacial score (nSPS) is 18.7. The molecule has 0 fully saturated rings. The molecule has 0 aliphatic carbocycles. The fourth-order valence-corrected chi connectivity index (χ4v) is 2.85. The molecule has 2 aromatic rings. The maximum Gasteiger partial charge on any atom is 0.123 e. The van der Waals surface area contributed by atoms with Crippen molar-refractivity contribution in [2.45, 2.75) is 18.9 Å². The van der Waals surface area contributed by atoms with Gasteiger partial charge in [0.05, 0.1) is 6.61 Å². The van der Waals surface area contributed by atoms with Crippen LogP contribution in [-0.4, -0.2) is 12.6 Å². The summed E-state index contributed by atoms with van der Waals surface area (Å²) < 4.78 is 18.8. The van der Waals surface area contributed by atoms with Gasteiger partial charge in [0.1, 0.15) is 11.6 Å². The molecule has 0 radical (unpaired) electrons. The molecule has 2 atom stereocenters. The van der Waals surface area contributed by atoms with E-state index in [1.807, 2.05) is 18.2 Å². The molecule has 0 bridgehead atoms. The molecule has 2 unspecified atom stereocenters. The Bertz CT molecular complexity index is 600. The van der Waals surface area contributed by atoms with Crippen LogP contribution in [0, 0.1) is 11.7 Å². The Balaban J connectivity index is 1.71. The number of halogens is 1. The molecule has 1 aliphatic heterocycles. The lowest BCUT2D eigenvalue weighted by Crippen LogP contribution is -2.46. The Hall–Kier alpha value is -1.91. The molecule has 4 heteroatoms. The molecule has 3 nitrogen and oxygen atoms in total. The standard InChI is InChI=1S/C17H19FN2O/c18-15-7-5-12(6-8-15)9-16(20-19)14-10-13-3-1-2-4-17(13)21-11-14/h1-8,14,16,20H,9-11,19H2. The number of benzene rings is 2. The number of nitrogens with two attached hydrogens (primary N) is 1. The Morgan fingerprint density at radius 1 is 1.19 bits per heavy atom. The number of nitrogens with one attached hydrogen (secondary N) is 1. The molecule has 1 heterocycles. The zero-order valence-corrected chi connectivity index (χ0v) is 11.8. The van der Waals surface area contributed by atoms with E-state index < -0.39 is 0 Å². The van der Waals surface area contributed by atoms with E-state index in [0.717, 1.165) is 24.2 Å². The van der Waals surface area contributed by atoms with Gasteiger partial charge in [0.25, 0.3) is 0 Å². The van der Waals surface area contributed by atoms with Gasteiger partial charge in [-0.05, 0) is 42.2 Å². The Kier molecular flexibility index (Phi) is 4.18. The number of para-hydroxylation sites is 1. The summed E-state index contributed by atoms with van der Waals surface area (Å²) in [4.78, 5) is 0. The Labute approximate surface area is 123 Å². The number of ether oxygens (including phenoxy) is 1. The molecule has 0 saturated heterocycles. The van der Waals surface area contributed by atoms with Crippen molar-refractivity contribution in [1.29, 1.82) is 0 Å². The van der Waals surface area contributed by atoms with Gasteiger partial charge in [-0.3, -0.25) is 11.3 Å². The molecule has 0 aromatic heterocycles. The van der Waals surface area contributed by atoms with Crippen LogP contribution in [0.25, 0.3) is 0 Å². The van der Waals surface area contributed by atoms with E-state index in [4.69, 9.17) is 10.6 Å². The van der Waals surface area contributed by atoms with E-state index in [1.54, 1.807) is 12.1 Å². The van der Waals surface area contributed by atoms with Gasteiger partial charge in [-0.15, -0.1) is 0 Å². The summed E-state index contributed by atoms with van der Waals surface area (Å²) in [6.45, 7) is 0.646. The zero-order valence-electron chi connectivity index (χ0n) is 11.8. The van der Waals surface area contributed by atoms with Crippen LogP contribution in [0.1, 0.15) is 11.1 Å². The smallest absolute Gasteiger partial charge is 0.123 e. The quantitative estimate of drug-likeness (QED) is 0.670. The summed E-state index contributed by atoms with van der Waals surface area (Å²) in [5, 5.41) is 0. The second kappa shape index (κ2) is 6.24. The van der Waals surface area contributed by atoms with Crippen LogP contribution in [-0.2, 0) is 12.8 Å². The molecule has 0 amide bonds. The second-order valence-corrected chi connectivity index (χ2v) is 5.49. The number of hydrogen-bond acceptors (Lipinski definition) is 3. The van der Waals surface area contributed by atoms with Gasteiger partial charge in [-0.1, -0.05) is 30.3 Å². The fourth-order valence-electron chi connectivity index (χ4n) is 2.85. The predicted octanol–water partition coefficient (Wildman–Crippen LogP) is 2.45. The lowest BCUT2D eigenvalue weighted by molar-refractivity contribution is 0.183. The average molecular weight is 286 g/mol. The van der Waals surface area contributed by atoms with Crippen molar-refractivity contribution in [2.24, 2.45) is 11.8 Å². The Morgan fingerprint density at radius 2 is 1.95 bits per heavy atom. The number of hydrogen-bond donors (Lipinski definition) is 2. The van der Waals surface area contributed by atoms with Crippen molar-refractivity contribution in [1.82, 2.24) is 5.43 Å². The minimum absolute atomic E-state index is 0.101. The van der Waals surface area contributed by atoms with Gasteiger partial charge in [-0.25, -0.2) is 4.39 Å². The number of fused-ring (bicyclic) bond motifs is 1. The third-order valence-electron chi connectivity index (χ3n) is 4.06. The lowest BCUT2D eigenvalue weighted by Gasteiger charge is -2.31. The molecular formula is C17H19FN2O. The SMILES string of the molecule is NNC(Cc1ccc(F)cc1)C1COc2ccccc2C1. The summed E-state index contributed by atoms with van der Waals surface area (Å²) in [6, 6.07) is 14.8. The van der Waals surface area contributed by atoms with Crippen LogP contribution in [0.4, 0.5) is 4.39 Å². The van der Waals surface area contributed by atoms with Crippen LogP contribution >= 0.6 is 0 Å². The summed E-state index contributed by atoms with van der Waals surface area (Å²) in [5.74, 6) is 6.77. The fraction of sp³-hybridized carbons (Fsp3) is 0.294. The highest BCUT2D eigenvalue weighted by molar-refractivity contribution is 5.35. The maximum atomic E-state index is 13.0. The van der Waals surface area contributed by atoms with Gasteiger partial charge in [0, 0.05) is 12.0 Å². The van der Waals surface area contributed by atoms with Gasteiger partial charge in [0.2, 0.25) is 0 Å². The maximum absolute atomic E-state index is 13.0. The van der Waals surface area contributed by atoms with Crippen molar-refractivity contribution in [2.75, 3.05) is 6.61 Å². The molecule has 3 N–H and O–H groups in total.